The van der Waals surface area contributed by atoms with Crippen molar-refractivity contribution in [1.29, 1.82) is 0 Å². The predicted octanol–water partition coefficient (Wildman–Crippen LogP) is 3.30. The molecule has 0 aliphatic carbocycles. The van der Waals surface area contributed by atoms with E-state index in [4.69, 9.17) is 4.74 Å². The average Bonchev–Trinajstić information content (AvgIpc) is 2.38. The Kier molecular flexibility index (Phi) is 5.69. The first-order chi connectivity index (χ1) is 9.77. The quantitative estimate of drug-likeness (QED) is 0.494. The molecule has 0 spiro atoms. The number of phenolic OH excluding ortho intramolecular Hbond substituents is 1. The molecule has 6 nitrogen and oxygen atoms in total. The Labute approximate surface area is 123 Å². The largest absolute Gasteiger partial charge is 0.502 e. The summed E-state index contributed by atoms with van der Waals surface area (Å²) in [5.41, 5.74) is 0.490. The van der Waals surface area contributed by atoms with Crippen molar-refractivity contribution in [3.63, 3.8) is 0 Å². The fourth-order valence-corrected chi connectivity index (χ4v) is 2.21. The van der Waals surface area contributed by atoms with Gasteiger partial charge in [0.2, 0.25) is 0 Å². The first-order valence-corrected chi connectivity index (χ1v) is 6.92. The number of aryl methyl sites for hydroxylation is 1. The zero-order valence-electron chi connectivity index (χ0n) is 12.8. The summed E-state index contributed by atoms with van der Waals surface area (Å²) >= 11 is 0. The van der Waals surface area contributed by atoms with E-state index in [1.165, 1.54) is 6.07 Å². The highest BCUT2D eigenvalue weighted by molar-refractivity contribution is 5.79. The van der Waals surface area contributed by atoms with Crippen molar-refractivity contribution in [1.82, 2.24) is 0 Å². The number of carbonyl (C=O) groups is 1. The number of aromatic hydroxyl groups is 1. The van der Waals surface area contributed by atoms with Crippen LogP contribution in [-0.2, 0) is 9.53 Å². The number of benzene rings is 1. The van der Waals surface area contributed by atoms with E-state index in [0.717, 1.165) is 0 Å². The molecule has 1 atom stereocenters. The standard InChI is InChI=1S/C15H21NO5/c1-5-21-15(18)12(6-9(2)3)11-7-10(4)14(17)13(8-11)16(19)20/h7-9,12,17H,5-6H2,1-4H3. The van der Waals surface area contributed by atoms with Crippen LogP contribution in [0.4, 0.5) is 5.69 Å². The van der Waals surface area contributed by atoms with E-state index in [1.54, 1.807) is 19.9 Å². The van der Waals surface area contributed by atoms with Gasteiger partial charge in [-0.2, -0.15) is 0 Å². The minimum Gasteiger partial charge on any atom is -0.502 e. The molecule has 0 fully saturated rings. The van der Waals surface area contributed by atoms with Gasteiger partial charge in [0.15, 0.2) is 5.75 Å². The van der Waals surface area contributed by atoms with E-state index >= 15 is 0 Å². The molecule has 0 aliphatic heterocycles. The SMILES string of the molecule is CCOC(=O)C(CC(C)C)c1cc(C)c(O)c([N+](=O)[O-])c1. The number of esters is 1. The van der Waals surface area contributed by atoms with Crippen molar-refractivity contribution < 1.29 is 19.6 Å². The molecule has 1 aromatic carbocycles. The first-order valence-electron chi connectivity index (χ1n) is 6.92. The number of hydrogen-bond donors (Lipinski definition) is 1. The van der Waals surface area contributed by atoms with Crippen molar-refractivity contribution in [3.8, 4) is 5.75 Å². The number of phenols is 1. The normalized spacial score (nSPS) is 12.2. The maximum atomic E-state index is 12.1. The molecule has 116 valence electrons. The van der Waals surface area contributed by atoms with Crippen LogP contribution >= 0.6 is 0 Å². The maximum Gasteiger partial charge on any atom is 0.313 e. The van der Waals surface area contributed by atoms with Gasteiger partial charge in [-0.05, 0) is 37.3 Å². The average molecular weight is 295 g/mol. The van der Waals surface area contributed by atoms with Crippen LogP contribution in [0.15, 0.2) is 12.1 Å². The van der Waals surface area contributed by atoms with Gasteiger partial charge in [-0.15, -0.1) is 0 Å². The van der Waals surface area contributed by atoms with Crippen LogP contribution in [0.25, 0.3) is 0 Å². The Morgan fingerprint density at radius 3 is 2.52 bits per heavy atom. The highest BCUT2D eigenvalue weighted by atomic mass is 16.6. The highest BCUT2D eigenvalue weighted by Gasteiger charge is 2.27. The Bertz CT molecular complexity index is 539. The highest BCUT2D eigenvalue weighted by Crippen LogP contribution is 2.35. The molecule has 0 bridgehead atoms. The van der Waals surface area contributed by atoms with Gasteiger partial charge in [0.25, 0.3) is 0 Å². The molecule has 0 saturated heterocycles. The van der Waals surface area contributed by atoms with Gasteiger partial charge in [-0.25, -0.2) is 0 Å². The van der Waals surface area contributed by atoms with Crippen molar-refractivity contribution in [2.75, 3.05) is 6.61 Å². The van der Waals surface area contributed by atoms with E-state index in [1.807, 2.05) is 13.8 Å². The lowest BCUT2D eigenvalue weighted by Crippen LogP contribution is -2.18. The maximum absolute atomic E-state index is 12.1. The fraction of sp³-hybridized carbons (Fsp3) is 0.533. The summed E-state index contributed by atoms with van der Waals surface area (Å²) in [4.78, 5) is 22.4. The van der Waals surface area contributed by atoms with E-state index in [9.17, 15) is 20.0 Å². The van der Waals surface area contributed by atoms with Crippen molar-refractivity contribution in [2.24, 2.45) is 5.92 Å². The molecular formula is C15H21NO5. The number of rotatable bonds is 6. The van der Waals surface area contributed by atoms with Crippen LogP contribution in [-0.4, -0.2) is 22.6 Å². The summed E-state index contributed by atoms with van der Waals surface area (Å²) < 4.78 is 5.06. The van der Waals surface area contributed by atoms with Crippen LogP contribution < -0.4 is 0 Å². The van der Waals surface area contributed by atoms with Gasteiger partial charge in [-0.1, -0.05) is 19.9 Å². The first kappa shape index (κ1) is 16.9. The molecule has 1 rings (SSSR count). The Morgan fingerprint density at radius 2 is 2.05 bits per heavy atom. The van der Waals surface area contributed by atoms with Gasteiger partial charge in [0.05, 0.1) is 17.4 Å². The van der Waals surface area contributed by atoms with E-state index in [0.29, 0.717) is 17.5 Å². The molecule has 6 heteroatoms. The molecule has 21 heavy (non-hydrogen) atoms. The second kappa shape index (κ2) is 7.06. The van der Waals surface area contributed by atoms with Crippen LogP contribution in [0.2, 0.25) is 0 Å². The van der Waals surface area contributed by atoms with E-state index in [-0.39, 0.29) is 24.0 Å². The molecule has 0 amide bonds. The second-order valence-electron chi connectivity index (χ2n) is 5.40. The molecule has 1 aromatic rings. The van der Waals surface area contributed by atoms with Crippen LogP contribution in [0.1, 0.15) is 44.2 Å². The number of carbonyl (C=O) groups excluding carboxylic acids is 1. The molecule has 0 heterocycles. The second-order valence-corrected chi connectivity index (χ2v) is 5.40. The molecule has 0 radical (unpaired) electrons. The predicted molar refractivity (Wildman–Crippen MR) is 78.3 cm³/mol. The summed E-state index contributed by atoms with van der Waals surface area (Å²) in [5, 5.41) is 20.7. The van der Waals surface area contributed by atoms with Crippen LogP contribution in [0, 0.1) is 23.0 Å². The summed E-state index contributed by atoms with van der Waals surface area (Å²) in [6, 6.07) is 2.86. The molecule has 0 aromatic heterocycles. The third kappa shape index (κ3) is 4.18. The smallest absolute Gasteiger partial charge is 0.313 e. The topological polar surface area (TPSA) is 89.7 Å². The lowest BCUT2D eigenvalue weighted by Gasteiger charge is -2.18. The van der Waals surface area contributed by atoms with Crippen molar-refractivity contribution in [2.45, 2.75) is 40.0 Å². The number of nitro groups is 1. The number of nitrogens with zero attached hydrogens (tertiary/aromatic N) is 1. The van der Waals surface area contributed by atoms with Gasteiger partial charge in [-0.3, -0.25) is 14.9 Å². The summed E-state index contributed by atoms with van der Waals surface area (Å²) in [7, 11) is 0. The molecule has 1 N–H and O–H groups in total. The van der Waals surface area contributed by atoms with Gasteiger partial charge >= 0.3 is 11.7 Å². The van der Waals surface area contributed by atoms with Gasteiger partial charge in [0, 0.05) is 6.07 Å². The molecule has 1 unspecified atom stereocenters. The van der Waals surface area contributed by atoms with Crippen molar-refractivity contribution in [3.05, 3.63) is 33.4 Å². The van der Waals surface area contributed by atoms with E-state index < -0.39 is 16.8 Å². The number of ether oxygens (including phenoxy) is 1. The fourth-order valence-electron chi connectivity index (χ4n) is 2.21. The van der Waals surface area contributed by atoms with Crippen molar-refractivity contribution >= 4 is 11.7 Å². The Balaban J connectivity index is 3.30. The molecular weight excluding hydrogens is 274 g/mol. The van der Waals surface area contributed by atoms with Gasteiger partial charge in [0.1, 0.15) is 0 Å². The molecule has 0 saturated carbocycles. The van der Waals surface area contributed by atoms with Crippen LogP contribution in [0.3, 0.4) is 0 Å². The third-order valence-electron chi connectivity index (χ3n) is 3.18. The summed E-state index contributed by atoms with van der Waals surface area (Å²) in [6.07, 6.45) is 0.528. The minimum atomic E-state index is -0.649. The summed E-state index contributed by atoms with van der Waals surface area (Å²) in [5.74, 6) is -1.10. The third-order valence-corrected chi connectivity index (χ3v) is 3.18. The Morgan fingerprint density at radius 1 is 1.43 bits per heavy atom. The minimum absolute atomic E-state index is 0.229. The molecule has 0 aliphatic rings. The zero-order chi connectivity index (χ0) is 16.2. The lowest BCUT2D eigenvalue weighted by atomic mass is 9.89. The lowest BCUT2D eigenvalue weighted by molar-refractivity contribution is -0.386. The van der Waals surface area contributed by atoms with E-state index in [2.05, 4.69) is 0 Å². The number of hydrogen-bond acceptors (Lipinski definition) is 5. The van der Waals surface area contributed by atoms with Gasteiger partial charge < -0.3 is 9.84 Å². The number of nitro benzene ring substituents is 1. The summed E-state index contributed by atoms with van der Waals surface area (Å²) in [6.45, 7) is 7.48. The zero-order valence-corrected chi connectivity index (χ0v) is 12.8. The van der Waals surface area contributed by atoms with Crippen LogP contribution in [0.5, 0.6) is 5.75 Å². The monoisotopic (exact) mass is 295 g/mol. The Hall–Kier alpha value is -2.11.